The van der Waals surface area contributed by atoms with Gasteiger partial charge in [0.05, 0.1) is 23.1 Å². The fraction of sp³-hybridized carbons (Fsp3) is 0.250. The zero-order valence-corrected chi connectivity index (χ0v) is 24.2. The van der Waals surface area contributed by atoms with Gasteiger partial charge < -0.3 is 10.3 Å². The Bertz CT molecular complexity index is 1890. The molecule has 0 radical (unpaired) electrons. The smallest absolute Gasteiger partial charge is 0.224 e. The number of aromatic amines is 2. The second-order valence-electron chi connectivity index (χ2n) is 11.9. The molecule has 7 rings (SSSR count). The first kappa shape index (κ1) is 27.1. The summed E-state index contributed by atoms with van der Waals surface area (Å²) in [4.78, 5) is 20.8. The number of nitrogens with one attached hydrogen (secondary N) is 3. The number of halogens is 1. The molecular formula is C36H34FN5O. The predicted molar refractivity (Wildman–Crippen MR) is 170 cm³/mol. The van der Waals surface area contributed by atoms with Crippen molar-refractivity contribution in [2.24, 2.45) is 5.92 Å². The van der Waals surface area contributed by atoms with Gasteiger partial charge in [-0.3, -0.25) is 14.9 Å². The lowest BCUT2D eigenvalue weighted by atomic mass is 9.87. The number of hydrogen-bond acceptors (Lipinski definition) is 3. The van der Waals surface area contributed by atoms with Crippen molar-refractivity contribution in [3.8, 4) is 22.5 Å². The van der Waals surface area contributed by atoms with Gasteiger partial charge in [0.25, 0.3) is 0 Å². The molecule has 7 heteroatoms. The van der Waals surface area contributed by atoms with Crippen LogP contribution in [0.2, 0.25) is 0 Å². The largest absolute Gasteiger partial charge is 0.356 e. The number of carbonyl (C=O) groups is 1. The van der Waals surface area contributed by atoms with Crippen LogP contribution in [-0.4, -0.2) is 26.1 Å². The number of aromatic nitrogens is 4. The summed E-state index contributed by atoms with van der Waals surface area (Å²) in [6.07, 6.45) is 14.9. The van der Waals surface area contributed by atoms with Crippen molar-refractivity contribution in [3.05, 3.63) is 107 Å². The number of benzene rings is 2. The molecule has 1 saturated carbocycles. The van der Waals surface area contributed by atoms with Gasteiger partial charge in [-0.25, -0.2) is 4.39 Å². The van der Waals surface area contributed by atoms with Gasteiger partial charge in [0.2, 0.25) is 5.91 Å². The Labute approximate surface area is 250 Å². The number of amides is 1. The lowest BCUT2D eigenvalue weighted by Gasteiger charge is -2.20. The third kappa shape index (κ3) is 5.55. The monoisotopic (exact) mass is 571 g/mol. The van der Waals surface area contributed by atoms with Crippen molar-refractivity contribution in [1.82, 2.24) is 20.2 Å². The zero-order valence-electron chi connectivity index (χ0n) is 24.2. The molecule has 5 aromatic rings. The molecule has 3 heterocycles. The minimum absolute atomic E-state index is 0.0545. The number of pyridine rings is 1. The first-order valence-corrected chi connectivity index (χ1v) is 15.1. The highest BCUT2D eigenvalue weighted by molar-refractivity contribution is 5.97. The third-order valence-electron chi connectivity index (χ3n) is 8.72. The number of H-pyrrole nitrogens is 2. The topological polar surface area (TPSA) is 86.5 Å². The molecule has 0 spiro atoms. The molecule has 2 aromatic carbocycles. The van der Waals surface area contributed by atoms with Crippen LogP contribution in [0.1, 0.15) is 62.3 Å². The third-order valence-corrected chi connectivity index (χ3v) is 8.72. The number of allylic oxidation sites excluding steroid dienone is 3. The van der Waals surface area contributed by atoms with E-state index in [9.17, 15) is 9.18 Å². The number of fused-ring (bicyclic) bond motifs is 2. The van der Waals surface area contributed by atoms with Crippen LogP contribution in [0.4, 0.5) is 10.1 Å². The summed E-state index contributed by atoms with van der Waals surface area (Å²) < 4.78 is 14.9. The lowest BCUT2D eigenvalue weighted by Crippen LogP contribution is -2.18. The minimum atomic E-state index is -0.244. The molecule has 3 N–H and O–H groups in total. The molecule has 216 valence electrons. The van der Waals surface area contributed by atoms with Gasteiger partial charge in [0.15, 0.2) is 0 Å². The van der Waals surface area contributed by atoms with Gasteiger partial charge in [0.1, 0.15) is 11.5 Å². The molecular weight excluding hydrogens is 537 g/mol. The quantitative estimate of drug-likeness (QED) is 0.191. The van der Waals surface area contributed by atoms with E-state index in [-0.39, 0.29) is 11.7 Å². The van der Waals surface area contributed by atoms with Crippen molar-refractivity contribution >= 4 is 28.1 Å². The van der Waals surface area contributed by atoms with Crippen molar-refractivity contribution in [1.29, 1.82) is 0 Å². The summed E-state index contributed by atoms with van der Waals surface area (Å²) in [5, 5.41) is 11.9. The van der Waals surface area contributed by atoms with E-state index in [0.717, 1.165) is 69.5 Å². The van der Waals surface area contributed by atoms with Crippen molar-refractivity contribution in [2.45, 2.75) is 51.9 Å². The summed E-state index contributed by atoms with van der Waals surface area (Å²) in [6.45, 7) is 2.09. The molecule has 0 saturated heterocycles. The summed E-state index contributed by atoms with van der Waals surface area (Å²) in [7, 11) is 0. The van der Waals surface area contributed by atoms with E-state index in [0.29, 0.717) is 23.6 Å². The summed E-state index contributed by atoms with van der Waals surface area (Å²) in [6, 6.07) is 17.1. The first-order valence-electron chi connectivity index (χ1n) is 15.1. The van der Waals surface area contributed by atoms with Crippen molar-refractivity contribution in [2.75, 3.05) is 5.32 Å². The normalized spacial score (nSPS) is 15.5. The van der Waals surface area contributed by atoms with Crippen LogP contribution in [0, 0.1) is 11.7 Å². The van der Waals surface area contributed by atoms with Crippen LogP contribution < -0.4 is 5.32 Å². The van der Waals surface area contributed by atoms with Gasteiger partial charge in [-0.05, 0) is 67.2 Å². The number of carbonyl (C=O) groups excluding carboxylic acids is 1. The van der Waals surface area contributed by atoms with E-state index in [2.05, 4.69) is 50.6 Å². The van der Waals surface area contributed by atoms with Crippen molar-refractivity contribution in [3.63, 3.8) is 0 Å². The molecule has 43 heavy (non-hydrogen) atoms. The van der Waals surface area contributed by atoms with Crippen LogP contribution in [0.25, 0.3) is 39.0 Å². The maximum atomic E-state index is 14.9. The highest BCUT2D eigenvalue weighted by Gasteiger charge is 2.21. The second kappa shape index (κ2) is 11.5. The molecule has 6 nitrogen and oxygen atoms in total. The van der Waals surface area contributed by atoms with E-state index in [4.69, 9.17) is 0 Å². The second-order valence-corrected chi connectivity index (χ2v) is 11.9. The molecule has 0 bridgehead atoms. The highest BCUT2D eigenvalue weighted by atomic mass is 19.1. The Balaban J connectivity index is 1.19. The van der Waals surface area contributed by atoms with Crippen LogP contribution >= 0.6 is 0 Å². The lowest BCUT2D eigenvalue weighted by molar-refractivity contribution is -0.117. The van der Waals surface area contributed by atoms with Gasteiger partial charge in [-0.2, -0.15) is 5.10 Å². The fourth-order valence-corrected chi connectivity index (χ4v) is 6.50. The molecule has 0 aliphatic heterocycles. The Morgan fingerprint density at radius 1 is 0.977 bits per heavy atom. The molecule has 0 atom stereocenters. The molecule has 0 unspecified atom stereocenters. The Hall–Kier alpha value is -4.78. The standard InChI is InChI=1S/C36H34FN5O/c1-22-11-13-27(28-9-5-6-10-31(28)37)29-19-34(40-33(29)15-22)36-30-18-24(12-14-32(30)41-42-36)25-17-26(21-38-20-25)39-35(43)16-23-7-3-2-4-8-23/h5-6,9-14,17-21,23,40H,2-4,7-8,15-16H2,1H3,(H,39,43)(H,41,42). The van der Waals surface area contributed by atoms with Crippen LogP contribution in [0.5, 0.6) is 0 Å². The SMILES string of the molecule is CC1=CC=C(c2ccccc2F)c2cc(-c3n[nH]c4ccc(-c5cncc(NC(=O)CC6CCCCC6)c5)cc34)[nH]c2C1. The Morgan fingerprint density at radius 2 is 1.84 bits per heavy atom. The number of nitrogens with zero attached hydrogens (tertiary/aromatic N) is 2. The van der Waals surface area contributed by atoms with Gasteiger partial charge in [-0.15, -0.1) is 0 Å². The van der Waals surface area contributed by atoms with Crippen LogP contribution in [0.3, 0.4) is 0 Å². The summed E-state index contributed by atoms with van der Waals surface area (Å²) in [5.74, 6) is 0.290. The fourth-order valence-electron chi connectivity index (χ4n) is 6.50. The first-order chi connectivity index (χ1) is 21.0. The number of hydrogen-bond donors (Lipinski definition) is 3. The highest BCUT2D eigenvalue weighted by Crippen LogP contribution is 2.37. The van der Waals surface area contributed by atoms with E-state index in [1.807, 2.05) is 42.6 Å². The van der Waals surface area contributed by atoms with Gasteiger partial charge >= 0.3 is 0 Å². The van der Waals surface area contributed by atoms with Crippen LogP contribution in [0.15, 0.2) is 84.7 Å². The Morgan fingerprint density at radius 3 is 2.70 bits per heavy atom. The molecule has 3 aromatic heterocycles. The molecule has 1 amide bonds. The maximum absolute atomic E-state index is 14.9. The summed E-state index contributed by atoms with van der Waals surface area (Å²) in [5.41, 5.74) is 9.79. The van der Waals surface area contributed by atoms with Crippen LogP contribution in [-0.2, 0) is 11.2 Å². The predicted octanol–water partition coefficient (Wildman–Crippen LogP) is 8.60. The van der Waals surface area contributed by atoms with E-state index in [1.165, 1.54) is 30.9 Å². The Kier molecular flexibility index (Phi) is 7.23. The minimum Gasteiger partial charge on any atom is -0.356 e. The molecule has 2 aliphatic carbocycles. The number of anilines is 1. The summed E-state index contributed by atoms with van der Waals surface area (Å²) >= 11 is 0. The van der Waals surface area contributed by atoms with E-state index < -0.39 is 0 Å². The zero-order chi connectivity index (χ0) is 29.3. The average molecular weight is 572 g/mol. The van der Waals surface area contributed by atoms with E-state index in [1.54, 1.807) is 12.3 Å². The van der Waals surface area contributed by atoms with Gasteiger partial charge in [0, 0.05) is 46.8 Å². The molecule has 2 aliphatic rings. The van der Waals surface area contributed by atoms with E-state index >= 15 is 0 Å². The average Bonchev–Trinajstić information content (AvgIpc) is 3.58. The van der Waals surface area contributed by atoms with Gasteiger partial charge in [-0.1, -0.05) is 61.3 Å². The maximum Gasteiger partial charge on any atom is 0.224 e. The molecule has 1 fully saturated rings. The van der Waals surface area contributed by atoms with Crippen molar-refractivity contribution < 1.29 is 9.18 Å². The number of rotatable bonds is 6.